The summed E-state index contributed by atoms with van der Waals surface area (Å²) in [5.74, 6) is 0. The molecule has 1 aliphatic rings. The summed E-state index contributed by atoms with van der Waals surface area (Å²) in [5, 5.41) is 9.15. The van der Waals surface area contributed by atoms with Gasteiger partial charge in [-0.2, -0.15) is 0 Å². The first-order valence-corrected chi connectivity index (χ1v) is 3.43. The Hall–Kier alpha value is -0.830. The van der Waals surface area contributed by atoms with Gasteiger partial charge in [-0.15, -0.1) is 0 Å². The van der Waals surface area contributed by atoms with Crippen molar-refractivity contribution in [3.8, 4) is 0 Å². The number of rotatable bonds is 3. The van der Waals surface area contributed by atoms with Gasteiger partial charge in [0.2, 0.25) is 6.17 Å². The minimum atomic E-state index is -0.289. The molecule has 0 aliphatic carbocycles. The maximum Gasteiger partial charge on any atom is 0.243 e. The molecular weight excluding hydrogens is 128 g/mol. The van der Waals surface area contributed by atoms with E-state index in [-0.39, 0.29) is 6.10 Å². The summed E-state index contributed by atoms with van der Waals surface area (Å²) >= 11 is 0. The van der Waals surface area contributed by atoms with Gasteiger partial charge in [0.05, 0.1) is 12.5 Å². The van der Waals surface area contributed by atoms with Crippen molar-refractivity contribution in [1.29, 1.82) is 0 Å². The zero-order chi connectivity index (χ0) is 7.40. The molecule has 0 aromatic carbocycles. The Balaban J connectivity index is 2.25. The zero-order valence-corrected chi connectivity index (χ0v) is 5.99. The number of nitrogens with zero attached hydrogens (tertiary/aromatic N) is 2. The standard InChI is InChI=1S/C7H11N2O/c1-2-6(10)5-7-8-3-4-9-7/h3-4,6,10H,2,5H2,1H3/q+1. The minimum absolute atomic E-state index is 0.289. The zero-order valence-electron chi connectivity index (χ0n) is 5.99. The Bertz CT molecular complexity index is 142. The van der Waals surface area contributed by atoms with Crippen molar-refractivity contribution in [2.24, 2.45) is 9.98 Å². The molecule has 10 heavy (non-hydrogen) atoms. The average Bonchev–Trinajstić information content (AvgIpc) is 2.40. The van der Waals surface area contributed by atoms with Crippen LogP contribution in [0.2, 0.25) is 0 Å². The predicted octanol–water partition coefficient (Wildman–Crippen LogP) is 0.792. The number of aliphatic hydroxyl groups is 1. The van der Waals surface area contributed by atoms with E-state index < -0.39 is 0 Å². The van der Waals surface area contributed by atoms with Crippen molar-refractivity contribution in [3.63, 3.8) is 0 Å². The van der Waals surface area contributed by atoms with Gasteiger partial charge in [-0.1, -0.05) is 16.9 Å². The van der Waals surface area contributed by atoms with Crippen LogP contribution in [0, 0.1) is 6.17 Å². The minimum Gasteiger partial charge on any atom is -0.391 e. The van der Waals surface area contributed by atoms with E-state index in [1.807, 2.05) is 6.92 Å². The van der Waals surface area contributed by atoms with E-state index in [0.717, 1.165) is 12.6 Å². The van der Waals surface area contributed by atoms with Gasteiger partial charge in [0.1, 0.15) is 0 Å². The quantitative estimate of drug-likeness (QED) is 0.577. The van der Waals surface area contributed by atoms with Crippen molar-refractivity contribution < 1.29 is 5.11 Å². The third-order valence-electron chi connectivity index (χ3n) is 1.40. The van der Waals surface area contributed by atoms with E-state index in [1.54, 1.807) is 12.4 Å². The van der Waals surface area contributed by atoms with Crippen LogP contribution in [0.4, 0.5) is 0 Å². The van der Waals surface area contributed by atoms with E-state index in [2.05, 4.69) is 9.98 Å². The highest BCUT2D eigenvalue weighted by Crippen LogP contribution is 2.15. The summed E-state index contributed by atoms with van der Waals surface area (Å²) in [7, 11) is 0. The SMILES string of the molecule is CCC(O)C[C+]1N=CC=N1. The lowest BCUT2D eigenvalue weighted by Crippen LogP contribution is -2.07. The molecule has 1 heterocycles. The Morgan fingerprint density at radius 3 is 2.60 bits per heavy atom. The fraction of sp³-hybridized carbons (Fsp3) is 0.571. The van der Waals surface area contributed by atoms with E-state index >= 15 is 0 Å². The van der Waals surface area contributed by atoms with Gasteiger partial charge in [-0.3, -0.25) is 0 Å². The second-order valence-electron chi connectivity index (χ2n) is 2.24. The molecule has 1 aliphatic heterocycles. The van der Waals surface area contributed by atoms with Crippen molar-refractivity contribution in [2.45, 2.75) is 25.9 Å². The van der Waals surface area contributed by atoms with Gasteiger partial charge in [-0.25, -0.2) is 0 Å². The second-order valence-corrected chi connectivity index (χ2v) is 2.24. The van der Waals surface area contributed by atoms with Crippen LogP contribution in [-0.2, 0) is 0 Å². The molecule has 0 radical (unpaired) electrons. The molecule has 3 heteroatoms. The predicted molar refractivity (Wildman–Crippen MR) is 41.1 cm³/mol. The van der Waals surface area contributed by atoms with E-state index in [4.69, 9.17) is 5.11 Å². The largest absolute Gasteiger partial charge is 0.391 e. The lowest BCUT2D eigenvalue weighted by atomic mass is 10.2. The van der Waals surface area contributed by atoms with E-state index in [9.17, 15) is 0 Å². The summed E-state index contributed by atoms with van der Waals surface area (Å²) in [6, 6.07) is 0. The van der Waals surface area contributed by atoms with Crippen molar-refractivity contribution in [2.75, 3.05) is 0 Å². The highest BCUT2D eigenvalue weighted by molar-refractivity contribution is 6.18. The van der Waals surface area contributed by atoms with Crippen LogP contribution in [-0.4, -0.2) is 23.6 Å². The summed E-state index contributed by atoms with van der Waals surface area (Å²) in [6.45, 7) is 1.94. The highest BCUT2D eigenvalue weighted by Gasteiger charge is 2.19. The van der Waals surface area contributed by atoms with Crippen molar-refractivity contribution in [3.05, 3.63) is 6.17 Å². The number of aliphatic imine (C=N–C) groups is 2. The molecule has 54 valence electrons. The van der Waals surface area contributed by atoms with Crippen LogP contribution in [0.1, 0.15) is 19.8 Å². The van der Waals surface area contributed by atoms with Crippen LogP contribution in [0.5, 0.6) is 0 Å². The van der Waals surface area contributed by atoms with E-state index in [1.165, 1.54) is 0 Å². The summed E-state index contributed by atoms with van der Waals surface area (Å²) in [4.78, 5) is 7.87. The molecule has 1 N–H and O–H groups in total. The topological polar surface area (TPSA) is 45.0 Å². The van der Waals surface area contributed by atoms with Gasteiger partial charge >= 0.3 is 0 Å². The smallest absolute Gasteiger partial charge is 0.243 e. The summed E-state index contributed by atoms with van der Waals surface area (Å²) in [6.07, 6.45) is 5.05. The van der Waals surface area contributed by atoms with Crippen LogP contribution in [0.25, 0.3) is 0 Å². The number of aliphatic hydroxyl groups excluding tert-OH is 1. The lowest BCUT2D eigenvalue weighted by molar-refractivity contribution is 0.164. The normalized spacial score (nSPS) is 18.4. The van der Waals surface area contributed by atoms with Crippen LogP contribution >= 0.6 is 0 Å². The van der Waals surface area contributed by atoms with Gasteiger partial charge < -0.3 is 5.11 Å². The first-order valence-electron chi connectivity index (χ1n) is 3.43. The average molecular weight is 139 g/mol. The van der Waals surface area contributed by atoms with Crippen LogP contribution in [0.3, 0.4) is 0 Å². The summed E-state index contributed by atoms with van der Waals surface area (Å²) < 4.78 is 0. The fourth-order valence-electron chi connectivity index (χ4n) is 0.733. The molecule has 0 aromatic rings. The molecule has 0 saturated heterocycles. The summed E-state index contributed by atoms with van der Waals surface area (Å²) in [5.41, 5.74) is 0. The number of hydrogen-bond acceptors (Lipinski definition) is 3. The maximum absolute atomic E-state index is 9.15. The monoisotopic (exact) mass is 139 g/mol. The Labute approximate surface area is 60.5 Å². The Morgan fingerprint density at radius 1 is 1.50 bits per heavy atom. The van der Waals surface area contributed by atoms with Crippen LogP contribution < -0.4 is 0 Å². The molecule has 0 amide bonds. The first-order chi connectivity index (χ1) is 4.83. The molecule has 0 aromatic heterocycles. The number of hydrogen-bond donors (Lipinski definition) is 1. The van der Waals surface area contributed by atoms with Gasteiger partial charge in [0.25, 0.3) is 0 Å². The molecule has 0 spiro atoms. The molecule has 0 fully saturated rings. The highest BCUT2D eigenvalue weighted by atomic mass is 16.3. The van der Waals surface area contributed by atoms with E-state index in [0.29, 0.717) is 6.42 Å². The third kappa shape index (κ3) is 1.84. The Morgan fingerprint density at radius 2 is 2.10 bits per heavy atom. The van der Waals surface area contributed by atoms with Crippen LogP contribution in [0.15, 0.2) is 9.98 Å². The molecule has 1 rings (SSSR count). The van der Waals surface area contributed by atoms with Gasteiger partial charge in [0, 0.05) is 0 Å². The van der Waals surface area contributed by atoms with Gasteiger partial charge in [-0.05, 0) is 6.42 Å². The maximum atomic E-state index is 9.15. The third-order valence-corrected chi connectivity index (χ3v) is 1.40. The molecule has 1 unspecified atom stereocenters. The lowest BCUT2D eigenvalue weighted by Gasteiger charge is -2.02. The molecule has 0 saturated carbocycles. The molecular formula is C7H11N2O+. The van der Waals surface area contributed by atoms with Crippen molar-refractivity contribution in [1.82, 2.24) is 0 Å². The molecule has 0 bridgehead atoms. The molecule has 3 nitrogen and oxygen atoms in total. The van der Waals surface area contributed by atoms with Crippen molar-refractivity contribution >= 4 is 12.4 Å². The second kappa shape index (κ2) is 3.37. The molecule has 1 atom stereocenters. The Kier molecular flexibility index (Phi) is 2.45. The fourth-order valence-corrected chi connectivity index (χ4v) is 0.733. The first kappa shape index (κ1) is 7.28. The van der Waals surface area contributed by atoms with Gasteiger partial charge in [0.15, 0.2) is 12.4 Å².